The number of benzene rings is 1. The van der Waals surface area contributed by atoms with E-state index in [1.165, 1.54) is 6.33 Å². The Labute approximate surface area is 155 Å². The quantitative estimate of drug-likeness (QED) is 0.737. The normalized spacial score (nSPS) is 17.4. The van der Waals surface area contributed by atoms with E-state index in [1.54, 1.807) is 6.33 Å². The van der Waals surface area contributed by atoms with Crippen molar-refractivity contribution in [3.05, 3.63) is 47.5 Å². The van der Waals surface area contributed by atoms with Gasteiger partial charge in [-0.2, -0.15) is 0 Å². The summed E-state index contributed by atoms with van der Waals surface area (Å²) in [6.45, 7) is 1.98. The maximum Gasteiger partial charge on any atom is 0.225 e. The first-order valence-corrected chi connectivity index (χ1v) is 8.99. The van der Waals surface area contributed by atoms with Gasteiger partial charge >= 0.3 is 0 Å². The molecule has 134 valence electrons. The molecule has 0 spiro atoms. The summed E-state index contributed by atoms with van der Waals surface area (Å²) in [5.74, 6) is 0.792. The number of imidazole rings is 1. The van der Waals surface area contributed by atoms with Crippen molar-refractivity contribution in [2.75, 3.05) is 18.0 Å². The van der Waals surface area contributed by atoms with Gasteiger partial charge in [0.05, 0.1) is 12.2 Å². The summed E-state index contributed by atoms with van der Waals surface area (Å²) in [6.07, 6.45) is 4.94. The van der Waals surface area contributed by atoms with Crippen LogP contribution in [0.15, 0.2) is 36.9 Å². The largest absolute Gasteiger partial charge is 0.354 e. The lowest BCUT2D eigenvalue weighted by Crippen LogP contribution is -2.43. The van der Waals surface area contributed by atoms with Gasteiger partial charge < -0.3 is 15.2 Å². The van der Waals surface area contributed by atoms with Crippen LogP contribution in [0.3, 0.4) is 0 Å². The first-order valence-electron chi connectivity index (χ1n) is 8.62. The van der Waals surface area contributed by atoms with Crippen molar-refractivity contribution in [1.82, 2.24) is 25.3 Å². The monoisotopic (exact) mass is 370 g/mol. The molecule has 3 aromatic rings. The number of H-pyrrole nitrogens is 1. The van der Waals surface area contributed by atoms with Crippen LogP contribution >= 0.6 is 11.6 Å². The third-order valence-electron chi connectivity index (χ3n) is 4.65. The molecule has 1 fully saturated rings. The van der Waals surface area contributed by atoms with E-state index in [2.05, 4.69) is 30.2 Å². The molecule has 1 saturated heterocycles. The number of nitrogens with one attached hydrogen (secondary N) is 2. The summed E-state index contributed by atoms with van der Waals surface area (Å²) < 4.78 is 0. The van der Waals surface area contributed by atoms with Gasteiger partial charge in [-0.3, -0.25) is 4.79 Å². The van der Waals surface area contributed by atoms with Crippen LogP contribution in [0.1, 0.15) is 18.4 Å². The fraction of sp³-hybridized carbons (Fsp3) is 0.333. The number of piperidine rings is 1. The fourth-order valence-electron chi connectivity index (χ4n) is 3.36. The molecule has 1 aromatic carbocycles. The number of hydrogen-bond acceptors (Lipinski definition) is 5. The van der Waals surface area contributed by atoms with Gasteiger partial charge in [0, 0.05) is 24.7 Å². The van der Waals surface area contributed by atoms with Gasteiger partial charge in [0.1, 0.15) is 11.8 Å². The number of aromatic amines is 1. The lowest BCUT2D eigenvalue weighted by molar-refractivity contribution is -0.125. The summed E-state index contributed by atoms with van der Waals surface area (Å²) >= 11 is 5.99. The molecule has 0 bridgehead atoms. The molecule has 1 atom stereocenters. The van der Waals surface area contributed by atoms with Crippen molar-refractivity contribution in [3.8, 4) is 0 Å². The predicted molar refractivity (Wildman–Crippen MR) is 99.9 cm³/mol. The number of anilines is 1. The van der Waals surface area contributed by atoms with Gasteiger partial charge in [-0.1, -0.05) is 23.7 Å². The number of halogens is 1. The zero-order valence-electron chi connectivity index (χ0n) is 14.2. The first kappa shape index (κ1) is 16.8. The first-order chi connectivity index (χ1) is 12.7. The maximum absolute atomic E-state index is 12.6. The van der Waals surface area contributed by atoms with Crippen molar-refractivity contribution in [1.29, 1.82) is 0 Å². The van der Waals surface area contributed by atoms with Crippen LogP contribution in [0.4, 0.5) is 5.82 Å². The molecule has 1 amide bonds. The van der Waals surface area contributed by atoms with E-state index >= 15 is 0 Å². The third kappa shape index (κ3) is 3.48. The summed E-state index contributed by atoms with van der Waals surface area (Å²) in [5.41, 5.74) is 2.45. The van der Waals surface area contributed by atoms with E-state index in [9.17, 15) is 4.79 Å². The summed E-state index contributed by atoms with van der Waals surface area (Å²) in [6, 6.07) is 7.53. The highest BCUT2D eigenvalue weighted by Crippen LogP contribution is 2.25. The Balaban J connectivity index is 1.43. The van der Waals surface area contributed by atoms with Crippen molar-refractivity contribution in [2.45, 2.75) is 19.4 Å². The number of carbonyl (C=O) groups is 1. The molecule has 8 heteroatoms. The Bertz CT molecular complexity index is 927. The van der Waals surface area contributed by atoms with E-state index < -0.39 is 0 Å². The van der Waals surface area contributed by atoms with Crippen LogP contribution < -0.4 is 10.2 Å². The molecule has 2 N–H and O–H groups in total. The molecule has 26 heavy (non-hydrogen) atoms. The maximum atomic E-state index is 12.6. The van der Waals surface area contributed by atoms with Gasteiger partial charge in [-0.15, -0.1) is 0 Å². The molecular formula is C18H19ClN6O. The Kier molecular flexibility index (Phi) is 4.71. The molecule has 1 aliphatic heterocycles. The highest BCUT2D eigenvalue weighted by Gasteiger charge is 2.27. The number of fused-ring (bicyclic) bond motifs is 1. The molecular weight excluding hydrogens is 352 g/mol. The molecule has 1 aliphatic rings. The molecule has 0 aliphatic carbocycles. The van der Waals surface area contributed by atoms with Crippen molar-refractivity contribution in [3.63, 3.8) is 0 Å². The van der Waals surface area contributed by atoms with Crippen LogP contribution in [0.2, 0.25) is 5.02 Å². The summed E-state index contributed by atoms with van der Waals surface area (Å²) in [7, 11) is 0. The fourth-order valence-corrected chi connectivity index (χ4v) is 3.57. The van der Waals surface area contributed by atoms with Gasteiger partial charge in [-0.05, 0) is 30.5 Å². The average molecular weight is 371 g/mol. The molecule has 7 nitrogen and oxygen atoms in total. The summed E-state index contributed by atoms with van der Waals surface area (Å²) in [5, 5.41) is 3.70. The number of amides is 1. The minimum atomic E-state index is -0.0733. The van der Waals surface area contributed by atoms with Crippen LogP contribution in [-0.2, 0) is 11.3 Å². The highest BCUT2D eigenvalue weighted by atomic mass is 35.5. The van der Waals surface area contributed by atoms with Crippen LogP contribution in [-0.4, -0.2) is 38.9 Å². The molecule has 4 rings (SSSR count). The Morgan fingerprint density at radius 2 is 2.27 bits per heavy atom. The minimum absolute atomic E-state index is 0.0598. The number of aromatic nitrogens is 4. The van der Waals surface area contributed by atoms with Crippen molar-refractivity contribution >= 4 is 34.5 Å². The smallest absolute Gasteiger partial charge is 0.225 e. The molecule has 0 saturated carbocycles. The standard InChI is InChI=1S/C18H19ClN6O/c19-14-5-1-3-12(7-14)8-20-18(26)13-4-2-6-25(9-13)17-15-16(22-10-21-15)23-11-24-17/h1,3,5,7,10-11,13H,2,4,6,8-9H2,(H,20,26)(H,21,22,23,24). The van der Waals surface area contributed by atoms with Gasteiger partial charge in [0.15, 0.2) is 11.5 Å². The zero-order valence-corrected chi connectivity index (χ0v) is 14.9. The lowest BCUT2D eigenvalue weighted by atomic mass is 9.97. The van der Waals surface area contributed by atoms with Gasteiger partial charge in [0.2, 0.25) is 5.91 Å². The van der Waals surface area contributed by atoms with Gasteiger partial charge in [0.25, 0.3) is 0 Å². The second-order valence-corrected chi connectivity index (χ2v) is 6.87. The number of hydrogen-bond donors (Lipinski definition) is 2. The van der Waals surface area contributed by atoms with Crippen LogP contribution in [0, 0.1) is 5.92 Å². The molecule has 1 unspecified atom stereocenters. The minimum Gasteiger partial charge on any atom is -0.354 e. The van der Waals surface area contributed by atoms with Gasteiger partial charge in [-0.25, -0.2) is 15.0 Å². The van der Waals surface area contributed by atoms with Crippen molar-refractivity contribution < 1.29 is 4.79 Å². The van der Waals surface area contributed by atoms with Crippen LogP contribution in [0.5, 0.6) is 0 Å². The second kappa shape index (κ2) is 7.29. The number of rotatable bonds is 4. The predicted octanol–water partition coefficient (Wildman–Crippen LogP) is 2.54. The molecule has 2 aromatic heterocycles. The lowest BCUT2D eigenvalue weighted by Gasteiger charge is -2.32. The van der Waals surface area contributed by atoms with E-state index in [-0.39, 0.29) is 11.8 Å². The third-order valence-corrected chi connectivity index (χ3v) is 4.89. The SMILES string of the molecule is O=C(NCc1cccc(Cl)c1)C1CCCN(c2ncnc3nc[nH]c23)C1. The molecule has 3 heterocycles. The summed E-state index contributed by atoms with van der Waals surface area (Å²) in [4.78, 5) is 30.6. The van der Waals surface area contributed by atoms with E-state index in [0.29, 0.717) is 23.8 Å². The number of carbonyl (C=O) groups excluding carboxylic acids is 1. The van der Waals surface area contributed by atoms with E-state index in [4.69, 9.17) is 11.6 Å². The molecule has 0 radical (unpaired) electrons. The van der Waals surface area contributed by atoms with E-state index in [1.807, 2.05) is 24.3 Å². The number of nitrogens with zero attached hydrogens (tertiary/aromatic N) is 4. The second-order valence-electron chi connectivity index (χ2n) is 6.43. The highest BCUT2D eigenvalue weighted by molar-refractivity contribution is 6.30. The van der Waals surface area contributed by atoms with Crippen molar-refractivity contribution in [2.24, 2.45) is 5.92 Å². The Hall–Kier alpha value is -2.67. The zero-order chi connectivity index (χ0) is 17.9. The van der Waals surface area contributed by atoms with E-state index in [0.717, 1.165) is 36.3 Å². The Morgan fingerprint density at radius 3 is 3.15 bits per heavy atom. The van der Waals surface area contributed by atoms with Crippen LogP contribution in [0.25, 0.3) is 11.2 Å². The average Bonchev–Trinajstić information content (AvgIpc) is 3.15. The topological polar surface area (TPSA) is 86.8 Å². The Morgan fingerprint density at radius 1 is 1.35 bits per heavy atom.